The van der Waals surface area contributed by atoms with E-state index in [-0.39, 0.29) is 11.4 Å². The Hall–Kier alpha value is -1.91. The molecule has 1 aromatic carbocycles. The lowest BCUT2D eigenvalue weighted by Gasteiger charge is -2.20. The summed E-state index contributed by atoms with van der Waals surface area (Å²) in [5, 5.41) is 6.05. The molecule has 1 aromatic rings. The highest BCUT2D eigenvalue weighted by molar-refractivity contribution is 5.77. The summed E-state index contributed by atoms with van der Waals surface area (Å²) in [5.74, 6) is 0.737. The molecule has 5 nitrogen and oxygen atoms in total. The fourth-order valence-corrected chi connectivity index (χ4v) is 1.62. The Balaban J connectivity index is 2.43. The number of rotatable bonds is 5. The van der Waals surface area contributed by atoms with Crippen molar-refractivity contribution >= 4 is 17.3 Å². The second kappa shape index (κ2) is 6.31. The quantitative estimate of drug-likeness (QED) is 0.712. The minimum absolute atomic E-state index is 0.0204. The van der Waals surface area contributed by atoms with Crippen molar-refractivity contribution in [1.29, 1.82) is 0 Å². The van der Waals surface area contributed by atoms with Gasteiger partial charge >= 0.3 is 0 Å². The van der Waals surface area contributed by atoms with Crippen LogP contribution in [0.15, 0.2) is 18.2 Å². The van der Waals surface area contributed by atoms with Gasteiger partial charge in [0.15, 0.2) is 0 Å². The summed E-state index contributed by atoms with van der Waals surface area (Å²) in [5.41, 5.74) is 7.09. The van der Waals surface area contributed by atoms with Crippen LogP contribution in [0.25, 0.3) is 0 Å². The minimum Gasteiger partial charge on any atom is -0.497 e. The standard InChI is InChI=1S/C14H23N3O2/c1-14(2,3)17-13(18)7-8-16-12-6-5-10(19-4)9-11(12)15/h5-6,9,16H,7-8,15H2,1-4H3,(H,17,18). The van der Waals surface area contributed by atoms with E-state index in [4.69, 9.17) is 10.5 Å². The van der Waals surface area contributed by atoms with Crippen LogP contribution in [0.2, 0.25) is 0 Å². The SMILES string of the molecule is COc1ccc(NCCC(=O)NC(C)(C)C)c(N)c1. The van der Waals surface area contributed by atoms with Gasteiger partial charge in [-0.1, -0.05) is 0 Å². The van der Waals surface area contributed by atoms with Crippen LogP contribution in [0.5, 0.6) is 5.75 Å². The first kappa shape index (κ1) is 15.1. The lowest BCUT2D eigenvalue weighted by atomic mass is 10.1. The van der Waals surface area contributed by atoms with Gasteiger partial charge in [-0.15, -0.1) is 0 Å². The van der Waals surface area contributed by atoms with Gasteiger partial charge in [-0.05, 0) is 32.9 Å². The third kappa shape index (κ3) is 5.50. The van der Waals surface area contributed by atoms with E-state index in [1.54, 1.807) is 13.2 Å². The zero-order valence-corrected chi connectivity index (χ0v) is 12.0. The Morgan fingerprint density at radius 1 is 1.37 bits per heavy atom. The summed E-state index contributed by atoms with van der Waals surface area (Å²) in [4.78, 5) is 11.6. The van der Waals surface area contributed by atoms with Gasteiger partial charge in [0, 0.05) is 24.6 Å². The highest BCUT2D eigenvalue weighted by Gasteiger charge is 2.13. The molecule has 0 saturated carbocycles. The Bertz CT molecular complexity index is 439. The predicted molar refractivity (Wildman–Crippen MR) is 78.4 cm³/mol. The molecular weight excluding hydrogens is 242 g/mol. The van der Waals surface area contributed by atoms with Gasteiger partial charge in [0.05, 0.1) is 18.5 Å². The van der Waals surface area contributed by atoms with Crippen molar-refractivity contribution in [1.82, 2.24) is 5.32 Å². The Morgan fingerprint density at radius 2 is 2.05 bits per heavy atom. The van der Waals surface area contributed by atoms with Crippen LogP contribution in [0.1, 0.15) is 27.2 Å². The van der Waals surface area contributed by atoms with E-state index >= 15 is 0 Å². The molecule has 4 N–H and O–H groups in total. The maximum atomic E-state index is 11.6. The third-order valence-electron chi connectivity index (χ3n) is 2.44. The minimum atomic E-state index is -0.198. The molecule has 0 atom stereocenters. The van der Waals surface area contributed by atoms with Crippen LogP contribution in [-0.2, 0) is 4.79 Å². The normalized spacial score (nSPS) is 10.9. The number of amides is 1. The molecule has 0 bridgehead atoms. The van der Waals surface area contributed by atoms with E-state index in [9.17, 15) is 4.79 Å². The molecule has 1 amide bonds. The number of methoxy groups -OCH3 is 1. The number of nitrogen functional groups attached to an aromatic ring is 1. The van der Waals surface area contributed by atoms with Crippen molar-refractivity contribution in [3.8, 4) is 5.75 Å². The zero-order chi connectivity index (χ0) is 14.5. The van der Waals surface area contributed by atoms with E-state index < -0.39 is 0 Å². The molecule has 0 heterocycles. The smallest absolute Gasteiger partial charge is 0.222 e. The predicted octanol–water partition coefficient (Wildman–Crippen LogP) is 1.99. The highest BCUT2D eigenvalue weighted by Crippen LogP contribution is 2.23. The number of carbonyl (C=O) groups is 1. The first-order chi connectivity index (χ1) is 8.81. The van der Waals surface area contributed by atoms with Crippen molar-refractivity contribution in [2.45, 2.75) is 32.7 Å². The zero-order valence-electron chi connectivity index (χ0n) is 12.0. The molecular formula is C14H23N3O2. The summed E-state index contributed by atoms with van der Waals surface area (Å²) in [6.07, 6.45) is 0.405. The van der Waals surface area contributed by atoms with Crippen LogP contribution in [0, 0.1) is 0 Å². The van der Waals surface area contributed by atoms with E-state index in [1.807, 2.05) is 32.9 Å². The summed E-state index contributed by atoms with van der Waals surface area (Å²) >= 11 is 0. The van der Waals surface area contributed by atoms with Gasteiger partial charge in [0.25, 0.3) is 0 Å². The van der Waals surface area contributed by atoms with Gasteiger partial charge < -0.3 is 21.1 Å². The molecule has 5 heteroatoms. The van der Waals surface area contributed by atoms with Gasteiger partial charge in [-0.25, -0.2) is 0 Å². The van der Waals surface area contributed by atoms with Crippen molar-refractivity contribution in [2.75, 3.05) is 24.7 Å². The first-order valence-corrected chi connectivity index (χ1v) is 6.30. The second-order valence-electron chi connectivity index (χ2n) is 5.43. The summed E-state index contributed by atoms with van der Waals surface area (Å²) in [6, 6.07) is 5.42. The van der Waals surface area contributed by atoms with Crippen LogP contribution >= 0.6 is 0 Å². The van der Waals surface area contributed by atoms with Crippen LogP contribution in [0.3, 0.4) is 0 Å². The topological polar surface area (TPSA) is 76.4 Å². The maximum absolute atomic E-state index is 11.6. The van der Waals surface area contributed by atoms with Crippen LogP contribution < -0.4 is 21.1 Å². The fourth-order valence-electron chi connectivity index (χ4n) is 1.62. The molecule has 0 aromatic heterocycles. The summed E-state index contributed by atoms with van der Waals surface area (Å²) in [7, 11) is 1.60. The van der Waals surface area contributed by atoms with Crippen LogP contribution in [-0.4, -0.2) is 25.1 Å². The fraction of sp³-hybridized carbons (Fsp3) is 0.500. The molecule has 1 rings (SSSR count). The number of hydrogen-bond acceptors (Lipinski definition) is 4. The molecule has 0 saturated heterocycles. The van der Waals surface area contributed by atoms with E-state index in [0.717, 1.165) is 5.69 Å². The molecule has 0 aliphatic heterocycles. The number of anilines is 2. The van der Waals surface area contributed by atoms with Gasteiger partial charge in [-0.2, -0.15) is 0 Å². The van der Waals surface area contributed by atoms with Gasteiger partial charge in [-0.3, -0.25) is 4.79 Å². The average molecular weight is 265 g/mol. The summed E-state index contributed by atoms with van der Waals surface area (Å²) in [6.45, 7) is 6.41. The highest BCUT2D eigenvalue weighted by atomic mass is 16.5. The lowest BCUT2D eigenvalue weighted by molar-refractivity contribution is -0.122. The Kier molecular flexibility index (Phi) is 5.03. The number of hydrogen-bond donors (Lipinski definition) is 3. The Labute approximate surface area is 114 Å². The Morgan fingerprint density at radius 3 is 2.58 bits per heavy atom. The van der Waals surface area contributed by atoms with E-state index in [2.05, 4.69) is 10.6 Å². The van der Waals surface area contributed by atoms with E-state index in [0.29, 0.717) is 24.4 Å². The monoisotopic (exact) mass is 265 g/mol. The molecule has 0 fully saturated rings. The third-order valence-corrected chi connectivity index (χ3v) is 2.44. The molecule has 106 valence electrons. The van der Waals surface area contributed by atoms with Crippen LogP contribution in [0.4, 0.5) is 11.4 Å². The molecule has 0 spiro atoms. The average Bonchev–Trinajstić information content (AvgIpc) is 2.28. The van der Waals surface area contributed by atoms with Gasteiger partial charge in [0.2, 0.25) is 5.91 Å². The van der Waals surface area contributed by atoms with E-state index in [1.165, 1.54) is 0 Å². The molecule has 0 aliphatic carbocycles. The van der Waals surface area contributed by atoms with Crippen molar-refractivity contribution in [3.63, 3.8) is 0 Å². The number of nitrogens with two attached hydrogens (primary N) is 1. The number of benzene rings is 1. The maximum Gasteiger partial charge on any atom is 0.222 e. The number of ether oxygens (including phenoxy) is 1. The molecule has 0 unspecified atom stereocenters. The molecule has 0 aliphatic rings. The van der Waals surface area contributed by atoms with Crippen molar-refractivity contribution in [2.24, 2.45) is 0 Å². The number of carbonyl (C=O) groups excluding carboxylic acids is 1. The lowest BCUT2D eigenvalue weighted by Crippen LogP contribution is -2.41. The molecule has 19 heavy (non-hydrogen) atoms. The van der Waals surface area contributed by atoms with Crippen molar-refractivity contribution < 1.29 is 9.53 Å². The largest absolute Gasteiger partial charge is 0.497 e. The molecule has 0 radical (unpaired) electrons. The van der Waals surface area contributed by atoms with Crippen molar-refractivity contribution in [3.05, 3.63) is 18.2 Å². The first-order valence-electron chi connectivity index (χ1n) is 6.30. The second-order valence-corrected chi connectivity index (χ2v) is 5.43. The number of nitrogens with one attached hydrogen (secondary N) is 2. The summed E-state index contributed by atoms with van der Waals surface area (Å²) < 4.78 is 5.08. The van der Waals surface area contributed by atoms with Gasteiger partial charge in [0.1, 0.15) is 5.75 Å².